The minimum absolute atomic E-state index is 0.239. The maximum Gasteiger partial charge on any atom is 0.350 e. The van der Waals surface area contributed by atoms with Crippen molar-refractivity contribution in [2.75, 3.05) is 5.88 Å². The number of carbonyl (C=O) groups is 2. The summed E-state index contributed by atoms with van der Waals surface area (Å²) >= 11 is 5.24. The van der Waals surface area contributed by atoms with Crippen molar-refractivity contribution in [1.82, 2.24) is 0 Å². The fourth-order valence-electron chi connectivity index (χ4n) is 0.710. The molecule has 82 valence electrons. The Morgan fingerprint density at radius 1 is 1.36 bits per heavy atom. The van der Waals surface area contributed by atoms with E-state index in [1.165, 1.54) is 13.8 Å². The topological polar surface area (TPSA) is 52.6 Å². The number of carbonyl (C=O) groups excluding carboxylic acids is 2. The molecule has 0 bridgehead atoms. The lowest BCUT2D eigenvalue weighted by atomic mass is 10.1. The van der Waals surface area contributed by atoms with Crippen LogP contribution in [0.1, 0.15) is 27.7 Å². The second-order valence-corrected chi connectivity index (χ2v) is 3.84. The summed E-state index contributed by atoms with van der Waals surface area (Å²) in [7, 11) is 0. The van der Waals surface area contributed by atoms with E-state index in [0.717, 1.165) is 0 Å². The number of rotatable bonds is 4. The summed E-state index contributed by atoms with van der Waals surface area (Å²) in [4.78, 5) is 22.2. The molecule has 0 saturated carbocycles. The number of ether oxygens (including phenoxy) is 2. The van der Waals surface area contributed by atoms with Crippen LogP contribution in [0.3, 0.4) is 0 Å². The van der Waals surface area contributed by atoms with Crippen LogP contribution in [-0.4, -0.2) is 29.5 Å². The van der Waals surface area contributed by atoms with Gasteiger partial charge in [-0.15, -0.1) is 11.6 Å². The van der Waals surface area contributed by atoms with E-state index in [4.69, 9.17) is 21.1 Å². The summed E-state index contributed by atoms with van der Waals surface area (Å²) in [6.07, 6.45) is -0.239. The highest BCUT2D eigenvalue weighted by Crippen LogP contribution is 2.13. The van der Waals surface area contributed by atoms with Crippen LogP contribution in [0.4, 0.5) is 0 Å². The van der Waals surface area contributed by atoms with E-state index in [2.05, 4.69) is 0 Å². The molecule has 4 nitrogen and oxygen atoms in total. The summed E-state index contributed by atoms with van der Waals surface area (Å²) in [5, 5.41) is 0. The zero-order chi connectivity index (χ0) is 11.4. The van der Waals surface area contributed by atoms with E-state index < -0.39 is 17.5 Å². The van der Waals surface area contributed by atoms with E-state index in [0.29, 0.717) is 0 Å². The van der Waals surface area contributed by atoms with Gasteiger partial charge in [-0.3, -0.25) is 4.79 Å². The van der Waals surface area contributed by atoms with Crippen LogP contribution >= 0.6 is 11.6 Å². The van der Waals surface area contributed by atoms with Crippen molar-refractivity contribution >= 4 is 23.5 Å². The Hall–Kier alpha value is -0.770. The Morgan fingerprint density at radius 2 is 1.86 bits per heavy atom. The number of alkyl halides is 1. The van der Waals surface area contributed by atoms with Crippen LogP contribution in [0.25, 0.3) is 0 Å². The maximum atomic E-state index is 11.4. The van der Waals surface area contributed by atoms with Crippen molar-refractivity contribution in [3.05, 3.63) is 0 Å². The summed E-state index contributed by atoms with van der Waals surface area (Å²) in [6, 6.07) is 0. The van der Waals surface area contributed by atoms with Gasteiger partial charge in [-0.1, -0.05) is 0 Å². The lowest BCUT2D eigenvalue weighted by molar-refractivity contribution is -0.179. The third kappa shape index (κ3) is 4.46. The van der Waals surface area contributed by atoms with E-state index >= 15 is 0 Å². The molecule has 0 fully saturated rings. The Bertz CT molecular complexity index is 223. The largest absolute Gasteiger partial charge is 0.460 e. The van der Waals surface area contributed by atoms with Crippen LogP contribution in [0.15, 0.2) is 0 Å². The summed E-state index contributed by atoms with van der Waals surface area (Å²) < 4.78 is 9.71. The van der Waals surface area contributed by atoms with Gasteiger partial charge in [0.1, 0.15) is 5.88 Å². The van der Waals surface area contributed by atoms with Crippen LogP contribution in [0.2, 0.25) is 0 Å². The molecule has 0 atom stereocenters. The Morgan fingerprint density at radius 3 is 2.21 bits per heavy atom. The molecule has 0 rings (SSSR count). The summed E-state index contributed by atoms with van der Waals surface area (Å²) in [6.45, 7) is 6.36. The first-order valence-corrected chi connectivity index (χ1v) is 4.82. The highest BCUT2D eigenvalue weighted by atomic mass is 35.5. The molecule has 0 aliphatic rings. The highest BCUT2D eigenvalue weighted by Gasteiger charge is 2.34. The number of hydrogen-bond acceptors (Lipinski definition) is 4. The van der Waals surface area contributed by atoms with Gasteiger partial charge in [0.25, 0.3) is 0 Å². The monoisotopic (exact) mass is 222 g/mol. The Labute approximate surface area is 88.5 Å². The molecule has 0 heterocycles. The van der Waals surface area contributed by atoms with E-state index in [1.807, 2.05) is 0 Å². The van der Waals surface area contributed by atoms with Gasteiger partial charge in [-0.25, -0.2) is 4.79 Å². The smallest absolute Gasteiger partial charge is 0.350 e. The van der Waals surface area contributed by atoms with E-state index in [-0.39, 0.29) is 12.0 Å². The third-order valence-electron chi connectivity index (χ3n) is 1.31. The van der Waals surface area contributed by atoms with Crippen LogP contribution in [-0.2, 0) is 19.1 Å². The SMILES string of the molecule is CC(C)OC(=O)C(C)(C)OC(=O)CCl. The van der Waals surface area contributed by atoms with E-state index in [9.17, 15) is 9.59 Å². The minimum Gasteiger partial charge on any atom is -0.460 e. The summed E-state index contributed by atoms with van der Waals surface area (Å²) in [5.41, 5.74) is -1.28. The van der Waals surface area contributed by atoms with Gasteiger partial charge in [0.15, 0.2) is 0 Å². The number of halogens is 1. The van der Waals surface area contributed by atoms with Gasteiger partial charge in [0.05, 0.1) is 6.10 Å². The molecule has 0 saturated heterocycles. The van der Waals surface area contributed by atoms with Gasteiger partial charge in [-0.05, 0) is 27.7 Å². The van der Waals surface area contributed by atoms with Crippen molar-refractivity contribution < 1.29 is 19.1 Å². The fraction of sp³-hybridized carbons (Fsp3) is 0.778. The van der Waals surface area contributed by atoms with Crippen molar-refractivity contribution in [2.24, 2.45) is 0 Å². The number of esters is 2. The average Bonchev–Trinajstić information content (AvgIpc) is 2.02. The van der Waals surface area contributed by atoms with Gasteiger partial charge in [-0.2, -0.15) is 0 Å². The molecule has 0 aromatic rings. The standard InChI is InChI=1S/C9H15ClO4/c1-6(2)13-8(12)9(3,4)14-7(11)5-10/h6H,5H2,1-4H3. The molecular formula is C9H15ClO4. The van der Waals surface area contributed by atoms with Gasteiger partial charge in [0, 0.05) is 0 Å². The fourth-order valence-corrected chi connectivity index (χ4v) is 0.764. The van der Waals surface area contributed by atoms with Crippen molar-refractivity contribution in [3.63, 3.8) is 0 Å². The lowest BCUT2D eigenvalue weighted by Crippen LogP contribution is -2.40. The Balaban J connectivity index is 4.30. The molecule has 0 amide bonds. The van der Waals surface area contributed by atoms with Crippen molar-refractivity contribution in [1.29, 1.82) is 0 Å². The molecule has 0 spiro atoms. The molecule has 5 heteroatoms. The molecule has 14 heavy (non-hydrogen) atoms. The molecule has 0 unspecified atom stereocenters. The van der Waals surface area contributed by atoms with Crippen molar-refractivity contribution in [2.45, 2.75) is 39.4 Å². The van der Waals surface area contributed by atoms with Gasteiger partial charge >= 0.3 is 11.9 Å². The molecule has 0 radical (unpaired) electrons. The molecule has 0 aliphatic carbocycles. The first kappa shape index (κ1) is 13.2. The number of hydrogen-bond donors (Lipinski definition) is 0. The normalized spacial score (nSPS) is 11.3. The first-order valence-electron chi connectivity index (χ1n) is 4.28. The zero-order valence-corrected chi connectivity index (χ0v) is 9.55. The molecule has 0 aliphatic heterocycles. The van der Waals surface area contributed by atoms with Crippen LogP contribution in [0, 0.1) is 0 Å². The molecule has 0 aromatic heterocycles. The lowest BCUT2D eigenvalue weighted by Gasteiger charge is -2.23. The minimum atomic E-state index is -1.28. The Kier molecular flexibility index (Phi) is 4.91. The second kappa shape index (κ2) is 5.20. The average molecular weight is 223 g/mol. The van der Waals surface area contributed by atoms with E-state index in [1.54, 1.807) is 13.8 Å². The quantitative estimate of drug-likeness (QED) is 0.534. The summed E-state index contributed by atoms with van der Waals surface area (Å²) in [5.74, 6) is -1.50. The predicted molar refractivity (Wildman–Crippen MR) is 52.1 cm³/mol. The third-order valence-corrected chi connectivity index (χ3v) is 1.53. The molecular weight excluding hydrogens is 208 g/mol. The second-order valence-electron chi connectivity index (χ2n) is 3.57. The maximum absolute atomic E-state index is 11.4. The van der Waals surface area contributed by atoms with Gasteiger partial charge in [0.2, 0.25) is 5.60 Å². The molecule has 0 aromatic carbocycles. The zero-order valence-electron chi connectivity index (χ0n) is 8.80. The van der Waals surface area contributed by atoms with Crippen molar-refractivity contribution in [3.8, 4) is 0 Å². The first-order chi connectivity index (χ1) is 6.29. The predicted octanol–water partition coefficient (Wildman–Crippen LogP) is 1.50. The highest BCUT2D eigenvalue weighted by molar-refractivity contribution is 6.26. The van der Waals surface area contributed by atoms with Gasteiger partial charge < -0.3 is 9.47 Å². The molecule has 0 N–H and O–H groups in total. The van der Waals surface area contributed by atoms with Crippen LogP contribution in [0.5, 0.6) is 0 Å². The van der Waals surface area contributed by atoms with Crippen LogP contribution < -0.4 is 0 Å².